The van der Waals surface area contributed by atoms with Crippen LogP contribution in [0.15, 0.2) is 122 Å². The van der Waals surface area contributed by atoms with Crippen LogP contribution in [0.1, 0.15) is 361 Å². The second kappa shape index (κ2) is 77.4. The van der Waals surface area contributed by atoms with E-state index in [4.69, 9.17) is 24.3 Å². The summed E-state index contributed by atoms with van der Waals surface area (Å²) in [6.45, 7) is 3.66. The summed E-state index contributed by atoms with van der Waals surface area (Å²) in [5.74, 6) is -0.826. The third-order valence-electron chi connectivity index (χ3n) is 16.8. The highest BCUT2D eigenvalue weighted by Crippen LogP contribution is 2.43. The van der Waals surface area contributed by atoms with Crippen LogP contribution < -0.4 is 5.73 Å². The van der Waals surface area contributed by atoms with Gasteiger partial charge in [-0.05, 0) is 109 Å². The molecule has 0 aromatic rings. The Balaban J connectivity index is 3.87. The number of phosphoric ester groups is 1. The van der Waals surface area contributed by atoms with Crippen LogP contribution in [0.4, 0.5) is 0 Å². The van der Waals surface area contributed by atoms with Gasteiger partial charge >= 0.3 is 19.8 Å². The first-order valence-corrected chi connectivity index (χ1v) is 40.5. The lowest BCUT2D eigenvalue weighted by molar-refractivity contribution is -0.161. The van der Waals surface area contributed by atoms with E-state index in [-0.39, 0.29) is 38.6 Å². The van der Waals surface area contributed by atoms with Crippen molar-refractivity contribution in [2.75, 3.05) is 26.4 Å². The molecule has 0 saturated carbocycles. The Hall–Kier alpha value is -3.59. The van der Waals surface area contributed by atoms with E-state index in [0.29, 0.717) is 6.42 Å². The zero-order valence-electron chi connectivity index (χ0n) is 60.5. The predicted molar refractivity (Wildman–Crippen MR) is 404 cm³/mol. The van der Waals surface area contributed by atoms with Gasteiger partial charge in [-0.15, -0.1) is 0 Å². The quantitative estimate of drug-likeness (QED) is 0.0264. The van der Waals surface area contributed by atoms with Gasteiger partial charge in [0.2, 0.25) is 0 Å². The molecule has 9 nitrogen and oxygen atoms in total. The van der Waals surface area contributed by atoms with Crippen molar-refractivity contribution in [1.82, 2.24) is 0 Å². The van der Waals surface area contributed by atoms with Crippen molar-refractivity contribution < 1.29 is 37.6 Å². The van der Waals surface area contributed by atoms with Gasteiger partial charge in [0.05, 0.1) is 13.2 Å². The number of allylic oxidation sites excluding steroid dienone is 20. The van der Waals surface area contributed by atoms with E-state index in [1.807, 2.05) is 0 Å². The Morgan fingerprint density at radius 2 is 0.591 bits per heavy atom. The predicted octanol–water partition coefficient (Wildman–Crippen LogP) is 26.2. The molecule has 0 aromatic heterocycles. The van der Waals surface area contributed by atoms with Gasteiger partial charge in [0.15, 0.2) is 6.10 Å². The second-order valence-electron chi connectivity index (χ2n) is 25.8. The summed E-state index contributed by atoms with van der Waals surface area (Å²) >= 11 is 0. The number of carbonyl (C=O) groups is 2. The van der Waals surface area contributed by atoms with Crippen molar-refractivity contribution in [3.05, 3.63) is 122 Å². The molecule has 0 bridgehead atoms. The average molecular weight is 1320 g/mol. The highest BCUT2D eigenvalue weighted by molar-refractivity contribution is 7.47. The minimum atomic E-state index is -4.40. The molecule has 0 aliphatic rings. The van der Waals surface area contributed by atoms with E-state index in [1.165, 1.54) is 225 Å². The molecule has 0 radical (unpaired) electrons. The fourth-order valence-electron chi connectivity index (χ4n) is 11.1. The topological polar surface area (TPSA) is 134 Å². The Kier molecular flexibility index (Phi) is 74.4. The number of carbonyl (C=O) groups excluding carboxylic acids is 2. The van der Waals surface area contributed by atoms with Crippen molar-refractivity contribution in [2.45, 2.75) is 367 Å². The van der Waals surface area contributed by atoms with Gasteiger partial charge < -0.3 is 20.1 Å². The number of hydrogen-bond acceptors (Lipinski definition) is 8. The lowest BCUT2D eigenvalue weighted by Gasteiger charge is -2.19. The Morgan fingerprint density at radius 1 is 0.333 bits per heavy atom. The molecular formula is C83H146NO8P. The monoisotopic (exact) mass is 1320 g/mol. The first-order chi connectivity index (χ1) is 45.8. The third-order valence-corrected chi connectivity index (χ3v) is 17.8. The van der Waals surface area contributed by atoms with E-state index in [1.54, 1.807) is 0 Å². The fourth-order valence-corrected chi connectivity index (χ4v) is 11.9. The molecule has 536 valence electrons. The maximum absolute atomic E-state index is 12.8. The molecule has 0 aliphatic heterocycles. The van der Waals surface area contributed by atoms with Gasteiger partial charge in [0, 0.05) is 19.4 Å². The number of ether oxygens (including phenoxy) is 2. The van der Waals surface area contributed by atoms with Crippen LogP contribution >= 0.6 is 7.82 Å². The number of esters is 2. The smallest absolute Gasteiger partial charge is 0.462 e. The summed E-state index contributed by atoms with van der Waals surface area (Å²) in [6.07, 6.45) is 109. The lowest BCUT2D eigenvalue weighted by Crippen LogP contribution is -2.29. The van der Waals surface area contributed by atoms with Gasteiger partial charge in [0.25, 0.3) is 0 Å². The van der Waals surface area contributed by atoms with Crippen LogP contribution in [0.2, 0.25) is 0 Å². The standard InChI is InChI=1S/C83H146NO8P/c1-3-5-7-9-11-13-15-17-19-21-23-25-27-29-31-33-35-37-39-40-42-44-46-48-50-52-54-56-58-60-62-64-66-68-70-72-74-76-83(86)92-81(80-91-93(87,88)90-78-77-84)79-89-82(85)75-73-71-69-67-65-63-61-59-57-55-53-51-49-47-45-43-41-38-36-34-32-30-28-26-24-22-20-18-16-14-12-10-8-6-4-2/h5,7,11,13,17,19,22-25,29,31,35,37,40,42,46,48,52,54,81H,3-4,6,8-10,12,14-16,18,20-21,26-28,30,32-34,36,38-39,41,43-45,47,49-51,53,55-80,84H2,1-2H3,(H,87,88)/b7-5-,13-11-,19-17-,24-22-,25-23-,31-29-,37-35-,42-40-,48-46-,54-52-. The lowest BCUT2D eigenvalue weighted by atomic mass is 10.0. The number of hydrogen-bond donors (Lipinski definition) is 2. The summed E-state index contributed by atoms with van der Waals surface area (Å²) in [5, 5.41) is 0. The first kappa shape index (κ1) is 89.4. The first-order valence-electron chi connectivity index (χ1n) is 39.0. The summed E-state index contributed by atoms with van der Waals surface area (Å²) in [7, 11) is -4.40. The molecule has 0 rings (SSSR count). The molecule has 10 heteroatoms. The molecule has 0 spiro atoms. The van der Waals surface area contributed by atoms with E-state index in [9.17, 15) is 19.0 Å². The van der Waals surface area contributed by atoms with Crippen LogP contribution in [0.5, 0.6) is 0 Å². The van der Waals surface area contributed by atoms with Crippen LogP contribution in [0, 0.1) is 0 Å². The summed E-state index contributed by atoms with van der Waals surface area (Å²) in [4.78, 5) is 35.4. The largest absolute Gasteiger partial charge is 0.472 e. The third kappa shape index (κ3) is 77.3. The maximum atomic E-state index is 12.8. The van der Waals surface area contributed by atoms with Gasteiger partial charge in [0.1, 0.15) is 6.61 Å². The van der Waals surface area contributed by atoms with Crippen molar-refractivity contribution in [3.63, 3.8) is 0 Å². The molecule has 0 amide bonds. The van der Waals surface area contributed by atoms with Gasteiger partial charge in [-0.3, -0.25) is 18.6 Å². The van der Waals surface area contributed by atoms with Crippen LogP contribution in [-0.4, -0.2) is 49.3 Å². The maximum Gasteiger partial charge on any atom is 0.472 e. The Labute approximate surface area is 574 Å². The summed E-state index contributed by atoms with van der Waals surface area (Å²) < 4.78 is 33.2. The molecule has 0 aliphatic carbocycles. The number of rotatable bonds is 73. The number of phosphoric acid groups is 1. The minimum absolute atomic E-state index is 0.0487. The molecule has 3 N–H and O–H groups in total. The van der Waals surface area contributed by atoms with E-state index in [0.717, 1.165) is 103 Å². The van der Waals surface area contributed by atoms with Crippen LogP contribution in [0.3, 0.4) is 0 Å². The van der Waals surface area contributed by atoms with Gasteiger partial charge in [-0.2, -0.15) is 0 Å². The fraction of sp³-hybridized carbons (Fsp3) is 0.735. The van der Waals surface area contributed by atoms with Crippen LogP contribution in [-0.2, 0) is 32.7 Å². The molecule has 0 aromatic carbocycles. The Morgan fingerprint density at radius 3 is 0.892 bits per heavy atom. The van der Waals surface area contributed by atoms with Gasteiger partial charge in [-0.1, -0.05) is 360 Å². The van der Waals surface area contributed by atoms with E-state index >= 15 is 0 Å². The van der Waals surface area contributed by atoms with Crippen LogP contribution in [0.25, 0.3) is 0 Å². The average Bonchev–Trinajstić information content (AvgIpc) is 3.04. The normalized spacial score (nSPS) is 13.5. The number of unbranched alkanes of at least 4 members (excludes halogenated alkanes) is 40. The minimum Gasteiger partial charge on any atom is -0.462 e. The molecule has 2 atom stereocenters. The van der Waals surface area contributed by atoms with E-state index < -0.39 is 26.5 Å². The zero-order chi connectivity index (χ0) is 67.2. The molecule has 0 saturated heterocycles. The molecule has 93 heavy (non-hydrogen) atoms. The molecule has 2 unspecified atom stereocenters. The Bertz CT molecular complexity index is 1950. The van der Waals surface area contributed by atoms with Crippen molar-refractivity contribution in [2.24, 2.45) is 5.73 Å². The molecule has 0 heterocycles. The highest BCUT2D eigenvalue weighted by atomic mass is 31.2. The van der Waals surface area contributed by atoms with Crippen molar-refractivity contribution in [1.29, 1.82) is 0 Å². The molecule has 0 fully saturated rings. The van der Waals surface area contributed by atoms with Gasteiger partial charge in [-0.25, -0.2) is 4.57 Å². The highest BCUT2D eigenvalue weighted by Gasteiger charge is 2.26. The second-order valence-corrected chi connectivity index (χ2v) is 27.3. The van der Waals surface area contributed by atoms with Crippen molar-refractivity contribution >= 4 is 19.8 Å². The zero-order valence-corrected chi connectivity index (χ0v) is 61.4. The SMILES string of the molecule is CC/C=C\C/C=C\C/C=C\C/C=C\C/C=C\C/C=C\C/C=C\C/C=C\C/C=C\CCCCCCCCCCCC(=O)OC(COC(=O)CCCCCCCCCCCCCCCCCCCCCCCCC/C=C\CCCCCCCCCC)COP(=O)(O)OCCN. The summed E-state index contributed by atoms with van der Waals surface area (Å²) in [5.41, 5.74) is 5.41. The van der Waals surface area contributed by atoms with E-state index in [2.05, 4.69) is 135 Å². The van der Waals surface area contributed by atoms with Crippen molar-refractivity contribution in [3.8, 4) is 0 Å². The number of nitrogens with two attached hydrogens (primary N) is 1. The molecular weight excluding hydrogens is 1170 g/mol. The summed E-state index contributed by atoms with van der Waals surface area (Å²) in [6, 6.07) is 0.